The lowest BCUT2D eigenvalue weighted by molar-refractivity contribution is 0.416. The van der Waals surface area contributed by atoms with Crippen LogP contribution in [0.1, 0.15) is 17.0 Å². The van der Waals surface area contributed by atoms with E-state index >= 15 is 0 Å². The van der Waals surface area contributed by atoms with E-state index in [4.69, 9.17) is 10.5 Å². The van der Waals surface area contributed by atoms with Crippen molar-refractivity contribution >= 4 is 0 Å². The number of fused-ring (bicyclic) bond motifs is 3. The fraction of sp³-hybridized carbons (Fsp3) is 0.200. The molecule has 1 atom stereocenters. The molecule has 0 saturated heterocycles. The van der Waals surface area contributed by atoms with Crippen molar-refractivity contribution in [3.63, 3.8) is 0 Å². The second-order valence-electron chi connectivity index (χ2n) is 4.42. The first kappa shape index (κ1) is 11.2. The number of rotatable bonds is 2. The average Bonchev–Trinajstić information content (AvgIpc) is 2.73. The zero-order chi connectivity index (χ0) is 12.7. The summed E-state index contributed by atoms with van der Waals surface area (Å²) >= 11 is 0. The second-order valence-corrected chi connectivity index (χ2v) is 4.42. The van der Waals surface area contributed by atoms with Gasteiger partial charge in [0.25, 0.3) is 0 Å². The monoisotopic (exact) mass is 243 g/mol. The van der Waals surface area contributed by atoms with Crippen molar-refractivity contribution in [2.24, 2.45) is 5.73 Å². The Morgan fingerprint density at radius 3 is 2.44 bits per heavy atom. The number of methoxy groups -OCH3 is 1. The molecule has 1 aliphatic carbocycles. The molecule has 2 nitrogen and oxygen atoms in total. The minimum atomic E-state index is -0.214. The van der Waals surface area contributed by atoms with Gasteiger partial charge < -0.3 is 10.5 Å². The molecule has 92 valence electrons. The highest BCUT2D eigenvalue weighted by Gasteiger charge is 2.32. The van der Waals surface area contributed by atoms with E-state index in [1.54, 1.807) is 13.2 Å². The summed E-state index contributed by atoms with van der Waals surface area (Å²) in [5.74, 6) is 0.546. The molecule has 2 aromatic rings. The molecule has 2 N–H and O–H groups in total. The van der Waals surface area contributed by atoms with Crippen molar-refractivity contribution in [1.29, 1.82) is 0 Å². The molecule has 1 aliphatic rings. The minimum Gasteiger partial charge on any atom is -0.496 e. The van der Waals surface area contributed by atoms with Gasteiger partial charge in [-0.05, 0) is 23.3 Å². The van der Waals surface area contributed by atoms with E-state index in [-0.39, 0.29) is 11.7 Å². The summed E-state index contributed by atoms with van der Waals surface area (Å²) in [6, 6.07) is 10.9. The van der Waals surface area contributed by atoms with Gasteiger partial charge in [0, 0.05) is 23.6 Å². The number of ether oxygens (including phenoxy) is 1. The first-order chi connectivity index (χ1) is 8.77. The van der Waals surface area contributed by atoms with E-state index in [9.17, 15) is 4.39 Å². The quantitative estimate of drug-likeness (QED) is 0.880. The predicted octanol–water partition coefficient (Wildman–Crippen LogP) is 2.91. The molecular formula is C15H14FNO. The molecule has 0 spiro atoms. The molecular weight excluding hydrogens is 229 g/mol. The molecule has 2 aromatic carbocycles. The molecule has 3 heteroatoms. The lowest BCUT2D eigenvalue weighted by Gasteiger charge is -2.10. The van der Waals surface area contributed by atoms with Crippen LogP contribution in [0.25, 0.3) is 11.1 Å². The second kappa shape index (κ2) is 4.10. The molecule has 0 bridgehead atoms. The van der Waals surface area contributed by atoms with Gasteiger partial charge in [-0.1, -0.05) is 24.3 Å². The molecule has 0 aromatic heterocycles. The van der Waals surface area contributed by atoms with Crippen molar-refractivity contribution in [3.8, 4) is 16.9 Å². The lowest BCUT2D eigenvalue weighted by Crippen LogP contribution is -2.11. The maximum atomic E-state index is 14.1. The highest BCUT2D eigenvalue weighted by Crippen LogP contribution is 2.49. The van der Waals surface area contributed by atoms with Gasteiger partial charge >= 0.3 is 0 Å². The van der Waals surface area contributed by atoms with Gasteiger partial charge in [-0.3, -0.25) is 0 Å². The zero-order valence-electron chi connectivity index (χ0n) is 10.1. The van der Waals surface area contributed by atoms with E-state index in [0.29, 0.717) is 17.9 Å². The zero-order valence-corrected chi connectivity index (χ0v) is 10.1. The predicted molar refractivity (Wildman–Crippen MR) is 69.3 cm³/mol. The van der Waals surface area contributed by atoms with Gasteiger partial charge in [0.2, 0.25) is 0 Å². The van der Waals surface area contributed by atoms with Gasteiger partial charge in [0.1, 0.15) is 11.6 Å². The Morgan fingerprint density at radius 1 is 1.11 bits per heavy atom. The smallest absolute Gasteiger partial charge is 0.131 e. The van der Waals surface area contributed by atoms with Gasteiger partial charge in [-0.15, -0.1) is 0 Å². The van der Waals surface area contributed by atoms with Crippen LogP contribution in [0.2, 0.25) is 0 Å². The number of benzene rings is 2. The van der Waals surface area contributed by atoms with Crippen LogP contribution in [0.3, 0.4) is 0 Å². The van der Waals surface area contributed by atoms with E-state index in [1.807, 2.05) is 24.3 Å². The molecule has 0 fully saturated rings. The first-order valence-corrected chi connectivity index (χ1v) is 5.93. The SMILES string of the molecule is COc1cccc2c1-c1c(F)cccc1C2CN. The molecule has 0 aliphatic heterocycles. The van der Waals surface area contributed by atoms with Gasteiger partial charge in [0.05, 0.1) is 7.11 Å². The van der Waals surface area contributed by atoms with Crippen molar-refractivity contribution < 1.29 is 9.13 Å². The Kier molecular flexibility index (Phi) is 2.56. The molecule has 0 saturated carbocycles. The van der Waals surface area contributed by atoms with Crippen LogP contribution in [-0.4, -0.2) is 13.7 Å². The summed E-state index contributed by atoms with van der Waals surface area (Å²) < 4.78 is 19.5. The maximum Gasteiger partial charge on any atom is 0.131 e. The summed E-state index contributed by atoms with van der Waals surface area (Å²) in [6.07, 6.45) is 0. The molecule has 3 rings (SSSR count). The fourth-order valence-corrected chi connectivity index (χ4v) is 2.79. The summed E-state index contributed by atoms with van der Waals surface area (Å²) in [5, 5.41) is 0. The number of halogens is 1. The van der Waals surface area contributed by atoms with Crippen molar-refractivity contribution in [2.75, 3.05) is 13.7 Å². The fourth-order valence-electron chi connectivity index (χ4n) is 2.79. The normalized spacial score (nSPS) is 16.3. The Bertz CT molecular complexity index is 609. The molecule has 1 unspecified atom stereocenters. The number of hydrogen-bond acceptors (Lipinski definition) is 2. The Morgan fingerprint density at radius 2 is 1.78 bits per heavy atom. The topological polar surface area (TPSA) is 35.2 Å². The van der Waals surface area contributed by atoms with Crippen LogP contribution in [0.15, 0.2) is 36.4 Å². The van der Waals surface area contributed by atoms with Crippen molar-refractivity contribution in [2.45, 2.75) is 5.92 Å². The molecule has 0 heterocycles. The third-order valence-corrected chi connectivity index (χ3v) is 3.56. The first-order valence-electron chi connectivity index (χ1n) is 5.93. The van der Waals surface area contributed by atoms with Gasteiger partial charge in [-0.2, -0.15) is 0 Å². The van der Waals surface area contributed by atoms with Gasteiger partial charge in [0.15, 0.2) is 0 Å². The third-order valence-electron chi connectivity index (χ3n) is 3.56. The third kappa shape index (κ3) is 1.37. The summed E-state index contributed by atoms with van der Waals surface area (Å²) in [4.78, 5) is 0. The summed E-state index contributed by atoms with van der Waals surface area (Å²) in [6.45, 7) is 0.469. The highest BCUT2D eigenvalue weighted by atomic mass is 19.1. The highest BCUT2D eigenvalue weighted by molar-refractivity contribution is 5.84. The average molecular weight is 243 g/mol. The van der Waals surface area contributed by atoms with Crippen LogP contribution in [0.5, 0.6) is 5.75 Å². The van der Waals surface area contributed by atoms with E-state index in [2.05, 4.69) is 0 Å². The van der Waals surface area contributed by atoms with Crippen LogP contribution >= 0.6 is 0 Å². The lowest BCUT2D eigenvalue weighted by atomic mass is 9.97. The van der Waals surface area contributed by atoms with Crippen LogP contribution in [0, 0.1) is 5.82 Å². The Labute approximate surface area is 105 Å². The van der Waals surface area contributed by atoms with E-state index in [1.165, 1.54) is 6.07 Å². The number of hydrogen-bond donors (Lipinski definition) is 1. The minimum absolute atomic E-state index is 0.0563. The van der Waals surface area contributed by atoms with Crippen LogP contribution in [0.4, 0.5) is 4.39 Å². The summed E-state index contributed by atoms with van der Waals surface area (Å²) in [7, 11) is 1.60. The van der Waals surface area contributed by atoms with Gasteiger partial charge in [-0.25, -0.2) is 4.39 Å². The molecule has 0 radical (unpaired) electrons. The van der Waals surface area contributed by atoms with Crippen molar-refractivity contribution in [1.82, 2.24) is 0 Å². The largest absolute Gasteiger partial charge is 0.496 e. The maximum absolute atomic E-state index is 14.1. The van der Waals surface area contributed by atoms with E-state index < -0.39 is 0 Å². The van der Waals surface area contributed by atoms with Crippen LogP contribution < -0.4 is 10.5 Å². The van der Waals surface area contributed by atoms with Crippen molar-refractivity contribution in [3.05, 3.63) is 53.3 Å². The Balaban J connectivity index is 2.37. The number of nitrogens with two attached hydrogens (primary N) is 1. The van der Waals surface area contributed by atoms with Crippen LogP contribution in [-0.2, 0) is 0 Å². The molecule has 18 heavy (non-hydrogen) atoms. The Hall–Kier alpha value is -1.87. The summed E-state index contributed by atoms with van der Waals surface area (Å²) in [5.41, 5.74) is 9.34. The van der Waals surface area contributed by atoms with E-state index in [0.717, 1.165) is 16.7 Å². The standard InChI is InChI=1S/C15H14FNO/c1-18-13-7-3-5-10-11(8-17)9-4-2-6-12(16)14(9)15(10)13/h2-7,11H,8,17H2,1H3. The molecule has 0 amide bonds.